The molecule has 0 bridgehead atoms. The van der Waals surface area contributed by atoms with Crippen LogP contribution in [0.15, 0.2) is 24.3 Å². The first-order valence-corrected chi connectivity index (χ1v) is 8.06. The number of anilines is 1. The number of H-pyrrole nitrogens is 1. The Morgan fingerprint density at radius 1 is 1.08 bits per heavy atom. The summed E-state index contributed by atoms with van der Waals surface area (Å²) in [5.74, 6) is -0.666. The summed E-state index contributed by atoms with van der Waals surface area (Å²) in [7, 11) is 3.25. The fraction of sp³-hybridized carbons (Fsp3) is 0.368. The molecule has 1 N–H and O–H groups in total. The maximum atomic E-state index is 12.8. The second kappa shape index (κ2) is 7.98. The van der Waals surface area contributed by atoms with Crippen LogP contribution in [0.4, 0.5) is 5.69 Å². The molecule has 0 fully saturated rings. The monoisotopic (exact) mass is 344 g/mol. The Kier molecular flexibility index (Phi) is 5.98. The highest BCUT2D eigenvalue weighted by molar-refractivity contribution is 6.08. The molecule has 2 aromatic rings. The number of hydrogen-bond donors (Lipinski definition) is 1. The minimum absolute atomic E-state index is 0.173. The van der Waals surface area contributed by atoms with Crippen molar-refractivity contribution in [3.8, 4) is 0 Å². The molecule has 1 heterocycles. The van der Waals surface area contributed by atoms with Crippen molar-refractivity contribution in [1.82, 2.24) is 4.98 Å². The number of aryl methyl sites for hydroxylation is 2. The van der Waals surface area contributed by atoms with Crippen molar-refractivity contribution >= 4 is 17.6 Å². The minimum atomic E-state index is -0.458. The van der Waals surface area contributed by atoms with E-state index in [0.29, 0.717) is 29.1 Å². The van der Waals surface area contributed by atoms with Crippen molar-refractivity contribution in [2.45, 2.75) is 20.8 Å². The van der Waals surface area contributed by atoms with E-state index in [-0.39, 0.29) is 12.5 Å². The van der Waals surface area contributed by atoms with Crippen molar-refractivity contribution in [3.05, 3.63) is 52.3 Å². The Morgan fingerprint density at radius 2 is 1.72 bits per heavy atom. The third-order valence-corrected chi connectivity index (χ3v) is 4.10. The molecular weight excluding hydrogens is 320 g/mol. The highest BCUT2D eigenvalue weighted by Crippen LogP contribution is 2.22. The molecule has 1 aromatic heterocycles. The second-order valence-electron chi connectivity index (χ2n) is 5.95. The highest BCUT2D eigenvalue weighted by atomic mass is 16.6. The van der Waals surface area contributed by atoms with E-state index < -0.39 is 5.97 Å². The number of hydrogen-bond acceptors (Lipinski definition) is 4. The van der Waals surface area contributed by atoms with Gasteiger partial charge in [-0.1, -0.05) is 17.7 Å². The van der Waals surface area contributed by atoms with E-state index in [1.807, 2.05) is 31.2 Å². The number of rotatable bonds is 6. The zero-order chi connectivity index (χ0) is 18.6. The number of amides is 1. The summed E-state index contributed by atoms with van der Waals surface area (Å²) in [4.78, 5) is 29.6. The van der Waals surface area contributed by atoms with Crippen LogP contribution in [0.1, 0.15) is 37.7 Å². The zero-order valence-electron chi connectivity index (χ0n) is 15.3. The van der Waals surface area contributed by atoms with Gasteiger partial charge in [-0.3, -0.25) is 4.79 Å². The normalized spacial score (nSPS) is 10.6. The zero-order valence-corrected chi connectivity index (χ0v) is 15.3. The van der Waals surface area contributed by atoms with Crippen LogP contribution in [0.25, 0.3) is 0 Å². The van der Waals surface area contributed by atoms with Crippen molar-refractivity contribution < 1.29 is 19.1 Å². The molecule has 0 radical (unpaired) electrons. The molecule has 1 aromatic carbocycles. The summed E-state index contributed by atoms with van der Waals surface area (Å²) < 4.78 is 10.0. The average molecular weight is 344 g/mol. The van der Waals surface area contributed by atoms with E-state index in [0.717, 1.165) is 11.3 Å². The largest absolute Gasteiger partial charge is 0.460 e. The molecule has 0 spiro atoms. The highest BCUT2D eigenvalue weighted by Gasteiger charge is 2.25. The first kappa shape index (κ1) is 18.7. The van der Waals surface area contributed by atoms with Gasteiger partial charge < -0.3 is 19.4 Å². The maximum absolute atomic E-state index is 12.8. The summed E-state index contributed by atoms with van der Waals surface area (Å²) in [6.45, 7) is 5.99. The molecule has 0 aliphatic carbocycles. The van der Waals surface area contributed by atoms with Crippen molar-refractivity contribution in [2.75, 3.05) is 32.3 Å². The summed E-state index contributed by atoms with van der Waals surface area (Å²) in [6, 6.07) is 7.67. The molecule has 6 heteroatoms. The van der Waals surface area contributed by atoms with Gasteiger partial charge in [0.15, 0.2) is 0 Å². The lowest BCUT2D eigenvalue weighted by atomic mass is 10.1. The molecule has 25 heavy (non-hydrogen) atoms. The van der Waals surface area contributed by atoms with Gasteiger partial charge in [-0.05, 0) is 38.5 Å². The van der Waals surface area contributed by atoms with Gasteiger partial charge in [0, 0.05) is 25.5 Å². The number of esters is 1. The fourth-order valence-electron chi connectivity index (χ4n) is 2.61. The quantitative estimate of drug-likeness (QED) is 0.646. The Bertz CT molecular complexity index is 762. The van der Waals surface area contributed by atoms with Crippen LogP contribution in [0, 0.1) is 20.8 Å². The van der Waals surface area contributed by atoms with Crippen LogP contribution in [-0.4, -0.2) is 44.2 Å². The average Bonchev–Trinajstić information content (AvgIpc) is 2.89. The van der Waals surface area contributed by atoms with E-state index in [1.54, 1.807) is 25.8 Å². The van der Waals surface area contributed by atoms with Gasteiger partial charge >= 0.3 is 5.97 Å². The van der Waals surface area contributed by atoms with Crippen molar-refractivity contribution in [2.24, 2.45) is 0 Å². The first-order valence-electron chi connectivity index (χ1n) is 8.06. The van der Waals surface area contributed by atoms with E-state index in [2.05, 4.69) is 4.98 Å². The minimum Gasteiger partial charge on any atom is -0.460 e. The molecule has 0 atom stereocenters. The Balaban J connectivity index is 2.24. The number of nitrogens with zero attached hydrogens (tertiary/aromatic N) is 1. The summed E-state index contributed by atoms with van der Waals surface area (Å²) in [6.07, 6.45) is 0. The first-order chi connectivity index (χ1) is 11.9. The van der Waals surface area contributed by atoms with Crippen LogP contribution in [-0.2, 0) is 9.47 Å². The SMILES string of the molecule is COCCOC(=O)c1c(C)[nH]c(C(=O)N(C)c2ccc(C)cc2)c1C. The van der Waals surface area contributed by atoms with Crippen LogP contribution in [0.5, 0.6) is 0 Å². The van der Waals surface area contributed by atoms with Gasteiger partial charge in [0.2, 0.25) is 0 Å². The van der Waals surface area contributed by atoms with Gasteiger partial charge in [-0.2, -0.15) is 0 Å². The van der Waals surface area contributed by atoms with Crippen molar-refractivity contribution in [1.29, 1.82) is 0 Å². The van der Waals surface area contributed by atoms with E-state index >= 15 is 0 Å². The molecule has 134 valence electrons. The summed E-state index contributed by atoms with van der Waals surface area (Å²) >= 11 is 0. The molecule has 0 saturated heterocycles. The van der Waals surface area contributed by atoms with Crippen LogP contribution in [0.3, 0.4) is 0 Å². The number of carbonyl (C=O) groups excluding carboxylic acids is 2. The Labute approximate surface area is 147 Å². The third kappa shape index (κ3) is 4.09. The lowest BCUT2D eigenvalue weighted by molar-refractivity contribution is 0.0387. The number of aromatic amines is 1. The van der Waals surface area contributed by atoms with E-state index in [9.17, 15) is 9.59 Å². The van der Waals surface area contributed by atoms with E-state index in [4.69, 9.17) is 9.47 Å². The molecular formula is C19H24N2O4. The van der Waals surface area contributed by atoms with Gasteiger partial charge in [-0.15, -0.1) is 0 Å². The standard InChI is InChI=1S/C19H24N2O4/c1-12-6-8-15(9-7-12)21(4)18(22)17-13(2)16(14(3)20-17)19(23)25-11-10-24-5/h6-9,20H,10-11H2,1-5H3. The second-order valence-corrected chi connectivity index (χ2v) is 5.95. The predicted molar refractivity (Wildman–Crippen MR) is 96.3 cm³/mol. The topological polar surface area (TPSA) is 71.6 Å². The van der Waals surface area contributed by atoms with Crippen LogP contribution < -0.4 is 4.90 Å². The van der Waals surface area contributed by atoms with Crippen LogP contribution in [0.2, 0.25) is 0 Å². The molecule has 1 amide bonds. The number of carbonyl (C=O) groups is 2. The predicted octanol–water partition coefficient (Wildman–Crippen LogP) is 3.02. The number of methoxy groups -OCH3 is 1. The van der Waals surface area contributed by atoms with Gasteiger partial charge in [-0.25, -0.2) is 4.79 Å². The number of ether oxygens (including phenoxy) is 2. The fourth-order valence-corrected chi connectivity index (χ4v) is 2.61. The number of nitrogens with one attached hydrogen (secondary N) is 1. The van der Waals surface area contributed by atoms with Gasteiger partial charge in [0.25, 0.3) is 5.91 Å². The summed E-state index contributed by atoms with van der Waals surface area (Å²) in [5.41, 5.74) is 3.89. The molecule has 0 aliphatic rings. The molecule has 0 aliphatic heterocycles. The van der Waals surface area contributed by atoms with Gasteiger partial charge in [0.05, 0.1) is 12.2 Å². The molecule has 0 saturated carbocycles. The van der Waals surface area contributed by atoms with Crippen LogP contribution >= 0.6 is 0 Å². The number of benzene rings is 1. The Morgan fingerprint density at radius 3 is 2.32 bits per heavy atom. The van der Waals surface area contributed by atoms with E-state index in [1.165, 1.54) is 7.11 Å². The lowest BCUT2D eigenvalue weighted by Crippen LogP contribution is -2.27. The smallest absolute Gasteiger partial charge is 0.340 e. The molecule has 2 rings (SSSR count). The summed E-state index contributed by atoms with van der Waals surface area (Å²) in [5, 5.41) is 0. The maximum Gasteiger partial charge on any atom is 0.340 e. The molecule has 6 nitrogen and oxygen atoms in total. The number of aromatic nitrogens is 1. The van der Waals surface area contributed by atoms with Gasteiger partial charge in [0.1, 0.15) is 12.3 Å². The third-order valence-electron chi connectivity index (χ3n) is 4.10. The Hall–Kier alpha value is -2.60. The molecule has 0 unspecified atom stereocenters. The van der Waals surface area contributed by atoms with Crippen molar-refractivity contribution in [3.63, 3.8) is 0 Å². The lowest BCUT2D eigenvalue weighted by Gasteiger charge is -2.17.